The maximum atomic E-state index is 12.4. The summed E-state index contributed by atoms with van der Waals surface area (Å²) in [5, 5.41) is 6.98. The average molecular weight is 405 g/mol. The molecule has 0 saturated heterocycles. The molecule has 0 bridgehead atoms. The normalized spacial score (nSPS) is 14.2. The number of carbonyl (C=O) groups excluding carboxylic acids is 1. The lowest BCUT2D eigenvalue weighted by atomic mass is 10.2. The highest BCUT2D eigenvalue weighted by atomic mass is 35.5. The summed E-state index contributed by atoms with van der Waals surface area (Å²) in [6.07, 6.45) is 1.16. The first-order valence-corrected chi connectivity index (χ1v) is 10.3. The van der Waals surface area contributed by atoms with E-state index in [1.165, 1.54) is 16.2 Å². The number of amides is 1. The fraction of sp³-hybridized carbons (Fsp3) is 0.278. The molecule has 0 fully saturated rings. The highest BCUT2D eigenvalue weighted by Gasteiger charge is 2.19. The van der Waals surface area contributed by atoms with Crippen molar-refractivity contribution in [2.75, 3.05) is 18.9 Å². The van der Waals surface area contributed by atoms with E-state index in [1.54, 1.807) is 11.3 Å². The van der Waals surface area contributed by atoms with Gasteiger partial charge in [0, 0.05) is 35.3 Å². The Hall–Kier alpha value is -1.80. The molecule has 0 aliphatic carbocycles. The molecule has 3 aromatic rings. The van der Waals surface area contributed by atoms with Gasteiger partial charge in [0.05, 0.1) is 22.8 Å². The molecule has 26 heavy (non-hydrogen) atoms. The maximum Gasteiger partial charge on any atom is 0.232 e. The highest BCUT2D eigenvalue weighted by molar-refractivity contribution is 7.16. The monoisotopic (exact) mass is 404 g/mol. The molecule has 4 rings (SSSR count). The molecule has 3 heterocycles. The standard InChI is InChI=1S/C18H17ClN4OS2/c1-23-7-6-14-15(9-23)26-18(21-14)22-16(24)8-11-10-25-17(20-11)12-4-2-3-5-13(12)19/h2-5,10H,6-9H2,1H3,(H,21,22,24). The van der Waals surface area contributed by atoms with Crippen LogP contribution in [0.15, 0.2) is 29.6 Å². The van der Waals surface area contributed by atoms with Gasteiger partial charge in [-0.3, -0.25) is 4.79 Å². The van der Waals surface area contributed by atoms with Gasteiger partial charge in [-0.1, -0.05) is 29.8 Å². The van der Waals surface area contributed by atoms with Gasteiger partial charge in [0.25, 0.3) is 0 Å². The third kappa shape index (κ3) is 3.81. The molecule has 0 atom stereocenters. The van der Waals surface area contributed by atoms with Crippen LogP contribution in [-0.2, 0) is 24.2 Å². The smallest absolute Gasteiger partial charge is 0.232 e. The van der Waals surface area contributed by atoms with Crippen molar-refractivity contribution in [1.29, 1.82) is 0 Å². The summed E-state index contributed by atoms with van der Waals surface area (Å²) < 4.78 is 0. The number of likely N-dealkylation sites (N-methyl/N-ethyl adjacent to an activating group) is 1. The second-order valence-corrected chi connectivity index (χ2v) is 8.57. The Bertz CT molecular complexity index is 952. The van der Waals surface area contributed by atoms with Crippen molar-refractivity contribution in [2.24, 2.45) is 0 Å². The Labute approximate surface area is 164 Å². The molecular weight excluding hydrogens is 388 g/mol. The van der Waals surface area contributed by atoms with Crippen molar-refractivity contribution in [3.05, 3.63) is 50.9 Å². The number of hydrogen-bond donors (Lipinski definition) is 1. The van der Waals surface area contributed by atoms with Crippen LogP contribution in [0.4, 0.5) is 5.13 Å². The first kappa shape index (κ1) is 17.6. The molecule has 134 valence electrons. The maximum absolute atomic E-state index is 12.4. The predicted octanol–water partition coefficient (Wildman–Crippen LogP) is 4.09. The summed E-state index contributed by atoms with van der Waals surface area (Å²) in [5.74, 6) is -0.0968. The number of benzene rings is 1. The third-order valence-corrected chi connectivity index (χ3v) is 6.42. The molecule has 0 radical (unpaired) electrons. The molecule has 0 saturated carbocycles. The SMILES string of the molecule is CN1CCc2nc(NC(=O)Cc3csc(-c4ccccc4Cl)n3)sc2C1. The number of nitrogens with one attached hydrogen (secondary N) is 1. The fourth-order valence-corrected chi connectivity index (χ4v) is 5.10. The first-order chi connectivity index (χ1) is 12.6. The summed E-state index contributed by atoms with van der Waals surface area (Å²) in [4.78, 5) is 25.0. The second kappa shape index (κ2) is 7.44. The van der Waals surface area contributed by atoms with E-state index in [4.69, 9.17) is 11.6 Å². The number of thiazole rings is 2. The lowest BCUT2D eigenvalue weighted by Crippen LogP contribution is -2.25. The van der Waals surface area contributed by atoms with Crippen LogP contribution in [0.5, 0.6) is 0 Å². The van der Waals surface area contributed by atoms with Crippen LogP contribution >= 0.6 is 34.3 Å². The minimum Gasteiger partial charge on any atom is -0.302 e. The number of nitrogens with zero attached hydrogens (tertiary/aromatic N) is 3. The van der Waals surface area contributed by atoms with Crippen LogP contribution in [0.1, 0.15) is 16.3 Å². The number of aromatic nitrogens is 2. The Morgan fingerprint density at radius 1 is 1.35 bits per heavy atom. The minimum absolute atomic E-state index is 0.0968. The van der Waals surface area contributed by atoms with Gasteiger partial charge in [-0.05, 0) is 13.1 Å². The second-order valence-electron chi connectivity index (χ2n) is 6.23. The zero-order chi connectivity index (χ0) is 18.1. The molecule has 5 nitrogen and oxygen atoms in total. The molecule has 0 unspecified atom stereocenters. The lowest BCUT2D eigenvalue weighted by Gasteiger charge is -2.20. The van der Waals surface area contributed by atoms with Gasteiger partial charge in [0.15, 0.2) is 5.13 Å². The van der Waals surface area contributed by atoms with E-state index in [0.29, 0.717) is 10.2 Å². The first-order valence-electron chi connectivity index (χ1n) is 8.25. The molecule has 1 amide bonds. The molecular formula is C18H17ClN4OS2. The molecule has 1 aliphatic rings. The summed E-state index contributed by atoms with van der Waals surface area (Å²) in [5.41, 5.74) is 2.74. The van der Waals surface area contributed by atoms with Gasteiger partial charge in [-0.2, -0.15) is 0 Å². The van der Waals surface area contributed by atoms with E-state index in [9.17, 15) is 4.79 Å². The number of fused-ring (bicyclic) bond motifs is 1. The van der Waals surface area contributed by atoms with Crippen molar-refractivity contribution in [2.45, 2.75) is 19.4 Å². The zero-order valence-electron chi connectivity index (χ0n) is 14.2. The lowest BCUT2D eigenvalue weighted by molar-refractivity contribution is -0.115. The van der Waals surface area contributed by atoms with E-state index in [1.807, 2.05) is 29.6 Å². The zero-order valence-corrected chi connectivity index (χ0v) is 16.5. The largest absolute Gasteiger partial charge is 0.302 e. The number of rotatable bonds is 4. The number of carbonyl (C=O) groups is 1. The number of anilines is 1. The van der Waals surface area contributed by atoms with Crippen LogP contribution in [0.2, 0.25) is 5.02 Å². The molecule has 1 N–H and O–H groups in total. The van der Waals surface area contributed by atoms with Gasteiger partial charge in [0.1, 0.15) is 5.01 Å². The Morgan fingerprint density at radius 3 is 3.04 bits per heavy atom. The van der Waals surface area contributed by atoms with E-state index < -0.39 is 0 Å². The highest BCUT2D eigenvalue weighted by Crippen LogP contribution is 2.31. The van der Waals surface area contributed by atoms with Gasteiger partial charge in [-0.15, -0.1) is 22.7 Å². The topological polar surface area (TPSA) is 58.1 Å². The molecule has 1 aliphatic heterocycles. The molecule has 1 aromatic carbocycles. The minimum atomic E-state index is -0.0968. The van der Waals surface area contributed by atoms with Crippen LogP contribution in [0.25, 0.3) is 10.6 Å². The van der Waals surface area contributed by atoms with E-state index >= 15 is 0 Å². The van der Waals surface area contributed by atoms with Crippen molar-refractivity contribution >= 4 is 45.3 Å². The van der Waals surface area contributed by atoms with Crippen LogP contribution in [0.3, 0.4) is 0 Å². The Balaban J connectivity index is 1.42. The van der Waals surface area contributed by atoms with Crippen molar-refractivity contribution in [3.63, 3.8) is 0 Å². The predicted molar refractivity (Wildman–Crippen MR) is 107 cm³/mol. The van der Waals surface area contributed by atoms with E-state index in [-0.39, 0.29) is 12.3 Å². The summed E-state index contributed by atoms with van der Waals surface area (Å²) in [7, 11) is 2.10. The molecule has 2 aromatic heterocycles. The van der Waals surface area contributed by atoms with E-state index in [2.05, 4.69) is 27.2 Å². The van der Waals surface area contributed by atoms with Gasteiger partial charge in [-0.25, -0.2) is 9.97 Å². The van der Waals surface area contributed by atoms with Crippen molar-refractivity contribution in [3.8, 4) is 10.6 Å². The Morgan fingerprint density at radius 2 is 2.19 bits per heavy atom. The fourth-order valence-electron chi connectivity index (χ4n) is 2.85. The van der Waals surface area contributed by atoms with Gasteiger partial charge in [0.2, 0.25) is 5.91 Å². The summed E-state index contributed by atoms with van der Waals surface area (Å²) in [6, 6.07) is 7.59. The average Bonchev–Trinajstić information content (AvgIpc) is 3.21. The van der Waals surface area contributed by atoms with Crippen molar-refractivity contribution in [1.82, 2.24) is 14.9 Å². The summed E-state index contributed by atoms with van der Waals surface area (Å²) in [6.45, 7) is 1.91. The van der Waals surface area contributed by atoms with Crippen LogP contribution < -0.4 is 5.32 Å². The summed E-state index contributed by atoms with van der Waals surface area (Å²) >= 11 is 9.27. The quantitative estimate of drug-likeness (QED) is 0.711. The molecule has 0 spiro atoms. The third-order valence-electron chi connectivity index (χ3n) is 4.17. The number of hydrogen-bond acceptors (Lipinski definition) is 6. The molecule has 8 heteroatoms. The Kier molecular flexibility index (Phi) is 5.04. The van der Waals surface area contributed by atoms with Crippen LogP contribution in [0, 0.1) is 0 Å². The van der Waals surface area contributed by atoms with E-state index in [0.717, 1.165) is 41.5 Å². The van der Waals surface area contributed by atoms with Gasteiger partial charge >= 0.3 is 0 Å². The number of halogens is 1. The van der Waals surface area contributed by atoms with Gasteiger partial charge < -0.3 is 10.2 Å². The van der Waals surface area contributed by atoms with Crippen LogP contribution in [-0.4, -0.2) is 34.4 Å². The van der Waals surface area contributed by atoms with Crippen molar-refractivity contribution < 1.29 is 4.79 Å².